The average molecular weight is 306 g/mol. The Balaban J connectivity index is 1.87. The summed E-state index contributed by atoms with van der Waals surface area (Å²) < 4.78 is 2.08. The van der Waals surface area contributed by atoms with Crippen molar-refractivity contribution in [2.45, 2.75) is 66.0 Å². The smallest absolute Gasteiger partial charge is 0.220 e. The summed E-state index contributed by atoms with van der Waals surface area (Å²) in [7, 11) is 0. The lowest BCUT2D eigenvalue weighted by atomic mass is 10.1. The number of carbonyl (C=O) groups is 1. The lowest BCUT2D eigenvalue weighted by Gasteiger charge is -2.23. The third-order valence-corrected chi connectivity index (χ3v) is 4.33. The van der Waals surface area contributed by atoms with Gasteiger partial charge in [0.15, 0.2) is 0 Å². The Kier molecular flexibility index (Phi) is 6.00. The monoisotopic (exact) mass is 306 g/mol. The zero-order valence-electron chi connectivity index (χ0n) is 14.4. The number of rotatable bonds is 6. The van der Waals surface area contributed by atoms with Gasteiger partial charge in [-0.3, -0.25) is 9.48 Å². The molecule has 0 bridgehead atoms. The van der Waals surface area contributed by atoms with Crippen LogP contribution in [0, 0.1) is 19.8 Å². The van der Waals surface area contributed by atoms with E-state index in [4.69, 9.17) is 0 Å². The van der Waals surface area contributed by atoms with Crippen LogP contribution < -0.4 is 10.6 Å². The fourth-order valence-electron chi connectivity index (χ4n) is 3.13. The predicted molar refractivity (Wildman–Crippen MR) is 88.9 cm³/mol. The number of hydrogen-bond acceptors (Lipinski definition) is 3. The highest BCUT2D eigenvalue weighted by atomic mass is 16.1. The third kappa shape index (κ3) is 4.57. The van der Waals surface area contributed by atoms with Gasteiger partial charge in [0, 0.05) is 31.2 Å². The van der Waals surface area contributed by atoms with Crippen LogP contribution in [0.1, 0.15) is 50.1 Å². The highest BCUT2D eigenvalue weighted by molar-refractivity contribution is 5.76. The minimum Gasteiger partial charge on any atom is -0.352 e. The molecule has 1 unspecified atom stereocenters. The molecular weight excluding hydrogens is 276 g/mol. The van der Waals surface area contributed by atoms with Crippen LogP contribution in [0.4, 0.5) is 0 Å². The number of hydrogen-bond donors (Lipinski definition) is 2. The van der Waals surface area contributed by atoms with Gasteiger partial charge in [-0.1, -0.05) is 13.8 Å². The largest absolute Gasteiger partial charge is 0.352 e. The molecule has 2 heterocycles. The molecule has 0 aliphatic carbocycles. The van der Waals surface area contributed by atoms with Crippen LogP contribution in [0.15, 0.2) is 0 Å². The summed E-state index contributed by atoms with van der Waals surface area (Å²) >= 11 is 0. The molecule has 1 aromatic heterocycles. The summed E-state index contributed by atoms with van der Waals surface area (Å²) in [4.78, 5) is 12.1. The Bertz CT molecular complexity index is 501. The first-order valence-corrected chi connectivity index (χ1v) is 8.50. The van der Waals surface area contributed by atoms with Crippen molar-refractivity contribution in [1.29, 1.82) is 0 Å². The maximum atomic E-state index is 12.1. The molecule has 5 nitrogen and oxygen atoms in total. The minimum atomic E-state index is 0.157. The number of nitrogens with zero attached hydrogens (tertiary/aromatic N) is 2. The molecule has 124 valence electrons. The number of amides is 1. The topological polar surface area (TPSA) is 59.0 Å². The highest BCUT2D eigenvalue weighted by Crippen LogP contribution is 2.16. The van der Waals surface area contributed by atoms with Crippen molar-refractivity contribution < 1.29 is 4.79 Å². The van der Waals surface area contributed by atoms with Crippen molar-refractivity contribution >= 4 is 5.91 Å². The Hall–Kier alpha value is -1.36. The fraction of sp³-hybridized carbons (Fsp3) is 0.765. The molecule has 1 aliphatic heterocycles. The molecule has 1 saturated heterocycles. The molecule has 2 N–H and O–H groups in total. The number of nitrogens with one attached hydrogen (secondary N) is 2. The minimum absolute atomic E-state index is 0.157. The fourth-order valence-corrected chi connectivity index (χ4v) is 3.13. The Labute approximate surface area is 133 Å². The third-order valence-electron chi connectivity index (χ3n) is 4.33. The second-order valence-electron chi connectivity index (χ2n) is 6.84. The van der Waals surface area contributed by atoms with Crippen LogP contribution in [0.5, 0.6) is 0 Å². The molecule has 5 heteroatoms. The van der Waals surface area contributed by atoms with Crippen molar-refractivity contribution in [2.24, 2.45) is 5.92 Å². The molecule has 1 aromatic rings. The van der Waals surface area contributed by atoms with Gasteiger partial charge in [0.2, 0.25) is 5.91 Å². The number of carbonyl (C=O) groups excluding carboxylic acids is 1. The molecule has 2 rings (SSSR count). The maximum Gasteiger partial charge on any atom is 0.220 e. The van der Waals surface area contributed by atoms with E-state index in [-0.39, 0.29) is 5.91 Å². The molecule has 1 amide bonds. The van der Waals surface area contributed by atoms with E-state index >= 15 is 0 Å². The van der Waals surface area contributed by atoms with E-state index in [1.807, 2.05) is 6.92 Å². The van der Waals surface area contributed by atoms with Crippen molar-refractivity contribution in [1.82, 2.24) is 20.4 Å². The van der Waals surface area contributed by atoms with Crippen molar-refractivity contribution in [3.8, 4) is 0 Å². The standard InChI is InChI=1S/C17H30N4O/c1-12(2)11-21-14(4)16(13(3)20-21)7-8-17(22)19-15-6-5-9-18-10-15/h12,15,18H,5-11H2,1-4H3,(H,19,22). The molecule has 0 radical (unpaired) electrons. The zero-order chi connectivity index (χ0) is 16.1. The number of aromatic nitrogens is 2. The van der Waals surface area contributed by atoms with E-state index in [2.05, 4.69) is 41.2 Å². The summed E-state index contributed by atoms with van der Waals surface area (Å²) in [6, 6.07) is 0.298. The second-order valence-corrected chi connectivity index (χ2v) is 6.84. The summed E-state index contributed by atoms with van der Waals surface area (Å²) in [5.74, 6) is 0.733. The lowest BCUT2D eigenvalue weighted by Crippen LogP contribution is -2.45. The van der Waals surface area contributed by atoms with E-state index < -0.39 is 0 Å². The Morgan fingerprint density at radius 2 is 2.23 bits per heavy atom. The van der Waals surface area contributed by atoms with E-state index in [0.717, 1.165) is 44.6 Å². The normalized spacial score (nSPS) is 18.7. The Morgan fingerprint density at radius 1 is 1.45 bits per heavy atom. The van der Waals surface area contributed by atoms with Crippen LogP contribution in [0.25, 0.3) is 0 Å². The zero-order valence-corrected chi connectivity index (χ0v) is 14.4. The van der Waals surface area contributed by atoms with Gasteiger partial charge in [0.1, 0.15) is 0 Å². The summed E-state index contributed by atoms with van der Waals surface area (Å²) in [5, 5.41) is 11.1. The molecule has 22 heavy (non-hydrogen) atoms. The van der Waals surface area contributed by atoms with E-state index in [1.165, 1.54) is 11.3 Å². The number of aryl methyl sites for hydroxylation is 1. The first-order chi connectivity index (χ1) is 10.5. The van der Waals surface area contributed by atoms with E-state index in [0.29, 0.717) is 18.4 Å². The van der Waals surface area contributed by atoms with Gasteiger partial charge >= 0.3 is 0 Å². The maximum absolute atomic E-state index is 12.1. The van der Waals surface area contributed by atoms with Crippen LogP contribution >= 0.6 is 0 Å². The summed E-state index contributed by atoms with van der Waals surface area (Å²) in [6.07, 6.45) is 3.56. The van der Waals surface area contributed by atoms with Gasteiger partial charge in [-0.05, 0) is 51.1 Å². The van der Waals surface area contributed by atoms with Crippen molar-refractivity contribution in [2.75, 3.05) is 13.1 Å². The van der Waals surface area contributed by atoms with Crippen LogP contribution in [0.2, 0.25) is 0 Å². The molecule has 1 atom stereocenters. The molecule has 0 spiro atoms. The quantitative estimate of drug-likeness (QED) is 0.844. The van der Waals surface area contributed by atoms with Gasteiger partial charge < -0.3 is 10.6 Å². The first kappa shape index (κ1) is 17.0. The summed E-state index contributed by atoms with van der Waals surface area (Å²) in [6.45, 7) is 11.5. The van der Waals surface area contributed by atoms with Crippen LogP contribution in [-0.2, 0) is 17.8 Å². The average Bonchev–Trinajstić information content (AvgIpc) is 2.72. The summed E-state index contributed by atoms with van der Waals surface area (Å²) in [5.41, 5.74) is 3.50. The van der Waals surface area contributed by atoms with Gasteiger partial charge in [0.05, 0.1) is 5.69 Å². The van der Waals surface area contributed by atoms with Gasteiger partial charge in [0.25, 0.3) is 0 Å². The first-order valence-electron chi connectivity index (χ1n) is 8.50. The SMILES string of the molecule is Cc1nn(CC(C)C)c(C)c1CCC(=O)NC1CCCNC1. The van der Waals surface area contributed by atoms with Crippen molar-refractivity contribution in [3.05, 3.63) is 17.0 Å². The lowest BCUT2D eigenvalue weighted by molar-refractivity contribution is -0.121. The van der Waals surface area contributed by atoms with Gasteiger partial charge in [-0.2, -0.15) is 5.10 Å². The predicted octanol–water partition coefficient (Wildman–Crippen LogP) is 1.96. The Morgan fingerprint density at radius 3 is 2.86 bits per heavy atom. The molecule has 1 fully saturated rings. The van der Waals surface area contributed by atoms with Crippen molar-refractivity contribution in [3.63, 3.8) is 0 Å². The van der Waals surface area contributed by atoms with Gasteiger partial charge in [-0.15, -0.1) is 0 Å². The number of piperidine rings is 1. The molecular formula is C17H30N4O. The van der Waals surface area contributed by atoms with E-state index in [9.17, 15) is 4.79 Å². The molecule has 1 aliphatic rings. The molecule has 0 saturated carbocycles. The highest BCUT2D eigenvalue weighted by Gasteiger charge is 2.17. The molecule has 0 aromatic carbocycles. The van der Waals surface area contributed by atoms with E-state index in [1.54, 1.807) is 0 Å². The van der Waals surface area contributed by atoms with Gasteiger partial charge in [-0.25, -0.2) is 0 Å². The van der Waals surface area contributed by atoms with Crippen LogP contribution in [-0.4, -0.2) is 34.8 Å². The second kappa shape index (κ2) is 7.77. The van der Waals surface area contributed by atoms with Crippen LogP contribution in [0.3, 0.4) is 0 Å².